The topological polar surface area (TPSA) is 37.4 Å². The van der Waals surface area contributed by atoms with Crippen LogP contribution in [0, 0.1) is 0 Å². The summed E-state index contributed by atoms with van der Waals surface area (Å²) in [4.78, 5) is 23.7. The van der Waals surface area contributed by atoms with Crippen LogP contribution < -0.4 is 0 Å². The van der Waals surface area contributed by atoms with E-state index in [1.165, 1.54) is 11.0 Å². The van der Waals surface area contributed by atoms with Crippen molar-refractivity contribution in [2.75, 3.05) is 14.1 Å². The average molecular weight is 203 g/mol. The van der Waals surface area contributed by atoms with Crippen molar-refractivity contribution in [2.45, 2.75) is 0 Å². The van der Waals surface area contributed by atoms with Crippen LogP contribution in [0.2, 0.25) is 0 Å². The van der Waals surface area contributed by atoms with Gasteiger partial charge in [-0.3, -0.25) is 9.59 Å². The first-order valence-corrected chi connectivity index (χ1v) is 4.60. The van der Waals surface area contributed by atoms with Crippen molar-refractivity contribution in [1.82, 2.24) is 4.90 Å². The van der Waals surface area contributed by atoms with E-state index in [0.29, 0.717) is 0 Å². The molecule has 1 rings (SSSR count). The highest BCUT2D eigenvalue weighted by molar-refractivity contribution is 6.41. The predicted octanol–water partition coefficient (Wildman–Crippen LogP) is 1.36. The van der Waals surface area contributed by atoms with E-state index in [-0.39, 0.29) is 0 Å². The molecule has 3 heteroatoms. The Morgan fingerprint density at radius 2 is 1.73 bits per heavy atom. The van der Waals surface area contributed by atoms with Crippen molar-refractivity contribution in [2.24, 2.45) is 0 Å². The number of hydrogen-bond donors (Lipinski definition) is 0. The minimum absolute atomic E-state index is 0.510. The van der Waals surface area contributed by atoms with Crippen LogP contribution in [0.1, 0.15) is 5.56 Å². The highest BCUT2D eigenvalue weighted by Gasteiger charge is 2.11. The van der Waals surface area contributed by atoms with Crippen molar-refractivity contribution in [3.05, 3.63) is 42.0 Å². The van der Waals surface area contributed by atoms with E-state index in [9.17, 15) is 9.59 Å². The fraction of sp³-hybridized carbons (Fsp3) is 0.167. The summed E-state index contributed by atoms with van der Waals surface area (Å²) in [5.74, 6) is -1.02. The van der Waals surface area contributed by atoms with Gasteiger partial charge in [-0.25, -0.2) is 0 Å². The molecule has 0 unspecified atom stereocenters. The second kappa shape index (κ2) is 5.10. The highest BCUT2D eigenvalue weighted by Crippen LogP contribution is 2.01. The van der Waals surface area contributed by atoms with E-state index in [0.717, 1.165) is 5.56 Å². The minimum atomic E-state index is -0.512. The van der Waals surface area contributed by atoms with Crippen molar-refractivity contribution in [3.8, 4) is 0 Å². The molecule has 0 aliphatic carbocycles. The van der Waals surface area contributed by atoms with E-state index in [1.807, 2.05) is 30.3 Å². The lowest BCUT2D eigenvalue weighted by atomic mass is 10.2. The van der Waals surface area contributed by atoms with Crippen LogP contribution in [0.25, 0.3) is 6.08 Å². The molecule has 3 nitrogen and oxygen atoms in total. The molecule has 0 saturated heterocycles. The molecule has 0 atom stereocenters. The maximum Gasteiger partial charge on any atom is 0.293 e. The Morgan fingerprint density at radius 1 is 1.13 bits per heavy atom. The predicted molar refractivity (Wildman–Crippen MR) is 59.2 cm³/mol. The van der Waals surface area contributed by atoms with Crippen molar-refractivity contribution in [1.29, 1.82) is 0 Å². The summed E-state index contributed by atoms with van der Waals surface area (Å²) in [5, 5.41) is 0. The molecule has 0 spiro atoms. The first-order chi connectivity index (χ1) is 7.11. The number of benzene rings is 1. The Labute approximate surface area is 89.0 Å². The number of carbonyl (C=O) groups excluding carboxylic acids is 2. The quantitative estimate of drug-likeness (QED) is 0.549. The normalized spacial score (nSPS) is 10.3. The van der Waals surface area contributed by atoms with Gasteiger partial charge in [-0.2, -0.15) is 0 Å². The maximum atomic E-state index is 11.3. The molecule has 0 saturated carbocycles. The summed E-state index contributed by atoms with van der Waals surface area (Å²) in [7, 11) is 3.10. The van der Waals surface area contributed by atoms with Crippen molar-refractivity contribution >= 4 is 17.8 Å². The van der Waals surface area contributed by atoms with Crippen LogP contribution in [0.5, 0.6) is 0 Å². The average Bonchev–Trinajstić information content (AvgIpc) is 2.26. The standard InChI is InChI=1S/C12H13NO2/c1-13(2)12(15)11(14)9-8-10-6-4-3-5-7-10/h3-9H,1-2H3/b9-8+. The van der Waals surface area contributed by atoms with E-state index < -0.39 is 11.7 Å². The molecule has 0 aliphatic heterocycles. The van der Waals surface area contributed by atoms with Gasteiger partial charge in [-0.05, 0) is 11.6 Å². The zero-order chi connectivity index (χ0) is 11.3. The van der Waals surface area contributed by atoms with Crippen LogP contribution in [-0.4, -0.2) is 30.7 Å². The Kier molecular flexibility index (Phi) is 3.80. The largest absolute Gasteiger partial charge is 0.342 e. The van der Waals surface area contributed by atoms with Gasteiger partial charge < -0.3 is 4.90 Å². The van der Waals surface area contributed by atoms with Gasteiger partial charge >= 0.3 is 0 Å². The van der Waals surface area contributed by atoms with Crippen LogP contribution in [0.4, 0.5) is 0 Å². The van der Waals surface area contributed by atoms with Crippen LogP contribution in [0.3, 0.4) is 0 Å². The lowest BCUT2D eigenvalue weighted by Gasteiger charge is -2.05. The van der Waals surface area contributed by atoms with Crippen LogP contribution in [0.15, 0.2) is 36.4 Å². The number of amides is 1. The van der Waals surface area contributed by atoms with Gasteiger partial charge in [-0.1, -0.05) is 36.4 Å². The molecular weight excluding hydrogens is 190 g/mol. The molecule has 0 radical (unpaired) electrons. The molecule has 0 N–H and O–H groups in total. The third-order valence-corrected chi connectivity index (χ3v) is 1.84. The van der Waals surface area contributed by atoms with Gasteiger partial charge in [0.1, 0.15) is 0 Å². The van der Waals surface area contributed by atoms with Gasteiger partial charge in [0.2, 0.25) is 5.78 Å². The molecule has 1 aromatic carbocycles. The third kappa shape index (κ3) is 3.38. The second-order valence-corrected chi connectivity index (χ2v) is 3.31. The smallest absolute Gasteiger partial charge is 0.293 e. The van der Waals surface area contributed by atoms with Crippen LogP contribution >= 0.6 is 0 Å². The van der Waals surface area contributed by atoms with Gasteiger partial charge in [0, 0.05) is 14.1 Å². The monoisotopic (exact) mass is 203 g/mol. The molecule has 78 valence electrons. The first-order valence-electron chi connectivity index (χ1n) is 4.60. The number of nitrogens with zero attached hydrogens (tertiary/aromatic N) is 1. The molecule has 0 aromatic heterocycles. The van der Waals surface area contributed by atoms with E-state index >= 15 is 0 Å². The lowest BCUT2D eigenvalue weighted by Crippen LogP contribution is -2.28. The SMILES string of the molecule is CN(C)C(=O)C(=O)/C=C/c1ccccc1. The Balaban J connectivity index is 2.67. The van der Waals surface area contributed by atoms with Gasteiger partial charge in [0.15, 0.2) is 0 Å². The molecule has 0 fully saturated rings. The van der Waals surface area contributed by atoms with Crippen molar-refractivity contribution in [3.63, 3.8) is 0 Å². The molecule has 1 aromatic rings. The lowest BCUT2D eigenvalue weighted by molar-refractivity contribution is -0.140. The zero-order valence-corrected chi connectivity index (χ0v) is 8.81. The Morgan fingerprint density at radius 3 is 2.27 bits per heavy atom. The number of likely N-dealkylation sites (N-methyl/N-ethyl adjacent to an activating group) is 1. The molecule has 0 heterocycles. The number of carbonyl (C=O) groups is 2. The summed E-state index contributed by atoms with van der Waals surface area (Å²) in [6.45, 7) is 0. The van der Waals surface area contributed by atoms with E-state index in [4.69, 9.17) is 0 Å². The van der Waals surface area contributed by atoms with Gasteiger partial charge in [0.25, 0.3) is 5.91 Å². The highest BCUT2D eigenvalue weighted by atomic mass is 16.2. The molecular formula is C12H13NO2. The number of hydrogen-bond acceptors (Lipinski definition) is 2. The Bertz CT molecular complexity index is 380. The van der Waals surface area contributed by atoms with Gasteiger partial charge in [-0.15, -0.1) is 0 Å². The fourth-order valence-corrected chi connectivity index (χ4v) is 1.03. The fourth-order valence-electron chi connectivity index (χ4n) is 1.03. The molecule has 0 bridgehead atoms. The van der Waals surface area contributed by atoms with E-state index in [1.54, 1.807) is 20.2 Å². The van der Waals surface area contributed by atoms with Crippen molar-refractivity contribution < 1.29 is 9.59 Å². The molecule has 1 amide bonds. The zero-order valence-electron chi connectivity index (χ0n) is 8.81. The third-order valence-electron chi connectivity index (χ3n) is 1.84. The first kappa shape index (κ1) is 11.2. The summed E-state index contributed by atoms with van der Waals surface area (Å²) < 4.78 is 0. The maximum absolute atomic E-state index is 11.3. The Hall–Kier alpha value is -1.90. The summed E-state index contributed by atoms with van der Waals surface area (Å²) in [6, 6.07) is 9.37. The minimum Gasteiger partial charge on any atom is -0.342 e. The number of rotatable bonds is 3. The molecule has 15 heavy (non-hydrogen) atoms. The molecule has 0 aliphatic rings. The number of ketones is 1. The van der Waals surface area contributed by atoms with Crippen LogP contribution in [-0.2, 0) is 9.59 Å². The summed E-state index contributed by atoms with van der Waals surface area (Å²) in [6.07, 6.45) is 2.92. The van der Waals surface area contributed by atoms with E-state index in [2.05, 4.69) is 0 Å². The summed E-state index contributed by atoms with van der Waals surface area (Å²) in [5.41, 5.74) is 0.900. The second-order valence-electron chi connectivity index (χ2n) is 3.31. The summed E-state index contributed by atoms with van der Waals surface area (Å²) >= 11 is 0. The van der Waals surface area contributed by atoms with Gasteiger partial charge in [0.05, 0.1) is 0 Å².